The van der Waals surface area contributed by atoms with E-state index in [0.717, 1.165) is 29.8 Å². The molecule has 2 atom stereocenters. The number of carbonyl (C=O) groups is 2. The lowest BCUT2D eigenvalue weighted by molar-refractivity contribution is -0.136. The second-order valence-corrected chi connectivity index (χ2v) is 8.89. The molecular weight excluding hydrogens is 418 g/mol. The normalized spacial score (nSPS) is 22.9. The highest BCUT2D eigenvalue weighted by molar-refractivity contribution is 5.91. The van der Waals surface area contributed by atoms with Gasteiger partial charge in [-0.3, -0.25) is 9.59 Å². The maximum atomic E-state index is 13.6. The molecule has 2 amide bonds. The summed E-state index contributed by atoms with van der Waals surface area (Å²) in [5, 5.41) is 8.94. The summed E-state index contributed by atoms with van der Waals surface area (Å²) in [6.45, 7) is 2.57. The van der Waals surface area contributed by atoms with Crippen molar-refractivity contribution in [1.29, 1.82) is 5.26 Å². The van der Waals surface area contributed by atoms with E-state index in [1.807, 2.05) is 46.2 Å². The molecule has 33 heavy (non-hydrogen) atoms. The Balaban J connectivity index is 1.32. The molecule has 1 aromatic carbocycles. The van der Waals surface area contributed by atoms with Crippen LogP contribution in [0.25, 0.3) is 0 Å². The molecule has 2 aliphatic heterocycles. The lowest BCUT2D eigenvalue weighted by Gasteiger charge is -2.38. The van der Waals surface area contributed by atoms with Crippen molar-refractivity contribution in [3.8, 4) is 11.8 Å². The van der Waals surface area contributed by atoms with Crippen LogP contribution in [0, 0.1) is 17.2 Å². The van der Waals surface area contributed by atoms with Crippen LogP contribution in [0.2, 0.25) is 0 Å². The number of nitrogens with zero attached hydrogens (tertiary/aromatic N) is 5. The van der Waals surface area contributed by atoms with Gasteiger partial charge in [0.25, 0.3) is 0 Å². The van der Waals surface area contributed by atoms with Crippen molar-refractivity contribution in [2.45, 2.75) is 31.3 Å². The minimum Gasteiger partial charge on any atom is -0.497 e. The molecule has 0 spiro atoms. The van der Waals surface area contributed by atoms with Gasteiger partial charge in [-0.1, -0.05) is 12.1 Å². The van der Waals surface area contributed by atoms with Crippen LogP contribution in [0.5, 0.6) is 5.75 Å². The van der Waals surface area contributed by atoms with Gasteiger partial charge in [-0.05, 0) is 42.7 Å². The monoisotopic (exact) mass is 445 g/mol. The first-order valence-corrected chi connectivity index (χ1v) is 11.4. The summed E-state index contributed by atoms with van der Waals surface area (Å²) in [6, 6.07) is 13.4. The maximum Gasteiger partial charge on any atom is 0.228 e. The number of aromatic nitrogens is 1. The van der Waals surface area contributed by atoms with Crippen molar-refractivity contribution in [3.63, 3.8) is 0 Å². The second-order valence-electron chi connectivity index (χ2n) is 8.89. The third kappa shape index (κ3) is 4.11. The van der Waals surface area contributed by atoms with E-state index in [-0.39, 0.29) is 36.2 Å². The Morgan fingerprint density at radius 1 is 1.15 bits per heavy atom. The predicted molar refractivity (Wildman–Crippen MR) is 121 cm³/mol. The van der Waals surface area contributed by atoms with Gasteiger partial charge in [-0.25, -0.2) is 4.98 Å². The summed E-state index contributed by atoms with van der Waals surface area (Å²) in [6.07, 6.45) is 3.98. The van der Waals surface area contributed by atoms with Crippen molar-refractivity contribution in [1.82, 2.24) is 14.8 Å². The Labute approximate surface area is 193 Å². The van der Waals surface area contributed by atoms with Crippen LogP contribution >= 0.6 is 0 Å². The first kappa shape index (κ1) is 21.3. The fraction of sp³-hybridized carbons (Fsp3) is 0.440. The molecular formula is C25H27N5O3. The van der Waals surface area contributed by atoms with Crippen LogP contribution < -0.4 is 9.64 Å². The summed E-state index contributed by atoms with van der Waals surface area (Å²) < 4.78 is 5.41. The van der Waals surface area contributed by atoms with Crippen LogP contribution in [-0.4, -0.2) is 65.9 Å². The van der Waals surface area contributed by atoms with Gasteiger partial charge in [0.05, 0.1) is 31.0 Å². The average Bonchev–Trinajstić information content (AvgIpc) is 3.65. The number of hydrogen-bond acceptors (Lipinski definition) is 6. The van der Waals surface area contributed by atoms with Crippen molar-refractivity contribution < 1.29 is 14.3 Å². The SMILES string of the molecule is COc1cccc([C@@H]2[C@@H](C(=O)N3CCN(c4ccc(C#N)nc4)CC3)CC(=O)N2C2CC2)c1. The number of pyridine rings is 1. The topological polar surface area (TPSA) is 89.8 Å². The number of amides is 2. The zero-order chi connectivity index (χ0) is 22.9. The quantitative estimate of drug-likeness (QED) is 0.702. The fourth-order valence-corrected chi connectivity index (χ4v) is 5.04. The summed E-state index contributed by atoms with van der Waals surface area (Å²) in [5.74, 6) is 0.481. The Hall–Kier alpha value is -3.60. The fourth-order valence-electron chi connectivity index (χ4n) is 5.04. The van der Waals surface area contributed by atoms with E-state index in [1.165, 1.54) is 0 Å². The number of carbonyl (C=O) groups excluding carboxylic acids is 2. The number of methoxy groups -OCH3 is 1. The van der Waals surface area contributed by atoms with Crippen molar-refractivity contribution >= 4 is 17.5 Å². The van der Waals surface area contributed by atoms with Gasteiger partial charge < -0.3 is 19.4 Å². The molecule has 5 rings (SSSR count). The lowest BCUT2D eigenvalue weighted by Crippen LogP contribution is -2.51. The highest BCUT2D eigenvalue weighted by Crippen LogP contribution is 2.46. The molecule has 0 N–H and O–H groups in total. The number of hydrogen-bond donors (Lipinski definition) is 0. The predicted octanol–water partition coefficient (Wildman–Crippen LogP) is 2.36. The second kappa shape index (κ2) is 8.74. The summed E-state index contributed by atoms with van der Waals surface area (Å²) >= 11 is 0. The first-order chi connectivity index (χ1) is 16.1. The number of rotatable bonds is 5. The Morgan fingerprint density at radius 3 is 2.58 bits per heavy atom. The third-order valence-electron chi connectivity index (χ3n) is 6.88. The largest absolute Gasteiger partial charge is 0.497 e. The van der Waals surface area contributed by atoms with Crippen molar-refractivity contribution in [2.24, 2.45) is 5.92 Å². The summed E-state index contributed by atoms with van der Waals surface area (Å²) in [4.78, 5) is 36.8. The standard InChI is InChI=1S/C25H27N5O3/c1-33-21-4-2-3-17(13-21)24-22(14-23(31)30(24)19-7-8-19)25(32)29-11-9-28(10-12-29)20-6-5-18(15-26)27-16-20/h2-6,13,16,19,22,24H,7-12,14H2,1H3/t22-,24+/m0/s1. The van der Waals surface area contributed by atoms with Gasteiger partial charge >= 0.3 is 0 Å². The molecule has 3 fully saturated rings. The Bertz CT molecular complexity index is 1080. The summed E-state index contributed by atoms with van der Waals surface area (Å²) in [7, 11) is 1.63. The zero-order valence-electron chi connectivity index (χ0n) is 18.7. The van der Waals surface area contributed by atoms with E-state index >= 15 is 0 Å². The van der Waals surface area contributed by atoms with E-state index < -0.39 is 0 Å². The van der Waals surface area contributed by atoms with E-state index in [4.69, 9.17) is 10.00 Å². The zero-order valence-corrected chi connectivity index (χ0v) is 18.7. The number of ether oxygens (including phenoxy) is 1. The van der Waals surface area contributed by atoms with E-state index in [1.54, 1.807) is 19.4 Å². The van der Waals surface area contributed by atoms with Gasteiger partial charge in [0.15, 0.2) is 0 Å². The molecule has 1 aromatic heterocycles. The minimum absolute atomic E-state index is 0.0527. The molecule has 0 unspecified atom stereocenters. The molecule has 3 aliphatic rings. The van der Waals surface area contributed by atoms with Gasteiger partial charge in [0.1, 0.15) is 17.5 Å². The Kier molecular flexibility index (Phi) is 5.63. The van der Waals surface area contributed by atoms with E-state index in [0.29, 0.717) is 31.9 Å². The molecule has 2 saturated heterocycles. The molecule has 8 nitrogen and oxygen atoms in total. The van der Waals surface area contributed by atoms with E-state index in [9.17, 15) is 9.59 Å². The number of anilines is 1. The average molecular weight is 446 g/mol. The molecule has 3 heterocycles. The van der Waals surface area contributed by atoms with Crippen LogP contribution in [0.3, 0.4) is 0 Å². The molecule has 1 aliphatic carbocycles. The molecule has 2 aromatic rings. The number of likely N-dealkylation sites (tertiary alicyclic amines) is 1. The smallest absolute Gasteiger partial charge is 0.228 e. The number of benzene rings is 1. The van der Waals surface area contributed by atoms with Crippen molar-refractivity contribution in [3.05, 3.63) is 53.9 Å². The molecule has 8 heteroatoms. The highest BCUT2D eigenvalue weighted by Gasteiger charge is 2.50. The van der Waals surface area contributed by atoms with Crippen LogP contribution in [0.15, 0.2) is 42.6 Å². The van der Waals surface area contributed by atoms with Crippen LogP contribution in [0.4, 0.5) is 5.69 Å². The molecule has 0 radical (unpaired) electrons. The van der Waals surface area contributed by atoms with Crippen molar-refractivity contribution in [2.75, 3.05) is 38.2 Å². The van der Waals surface area contributed by atoms with Crippen LogP contribution in [-0.2, 0) is 9.59 Å². The summed E-state index contributed by atoms with van der Waals surface area (Å²) in [5.41, 5.74) is 2.31. The van der Waals surface area contributed by atoms with Gasteiger partial charge in [-0.2, -0.15) is 5.26 Å². The van der Waals surface area contributed by atoms with Gasteiger partial charge in [-0.15, -0.1) is 0 Å². The van der Waals surface area contributed by atoms with Gasteiger partial charge in [0.2, 0.25) is 11.8 Å². The number of nitriles is 1. The minimum atomic E-state index is -0.381. The maximum absolute atomic E-state index is 13.6. The Morgan fingerprint density at radius 2 is 1.94 bits per heavy atom. The number of piperazine rings is 1. The highest BCUT2D eigenvalue weighted by atomic mass is 16.5. The van der Waals surface area contributed by atoms with Crippen LogP contribution in [0.1, 0.15) is 36.6 Å². The molecule has 170 valence electrons. The van der Waals surface area contributed by atoms with E-state index in [2.05, 4.69) is 9.88 Å². The van der Waals surface area contributed by atoms with Gasteiger partial charge in [0, 0.05) is 38.6 Å². The molecule has 1 saturated carbocycles. The third-order valence-corrected chi connectivity index (χ3v) is 6.88. The first-order valence-electron chi connectivity index (χ1n) is 11.4. The molecule has 0 bridgehead atoms. The lowest BCUT2D eigenvalue weighted by atomic mass is 9.91.